The molecule has 0 saturated heterocycles. The molecule has 434 valence electrons. The van der Waals surface area contributed by atoms with Gasteiger partial charge in [-0.1, -0.05) is 109 Å². The number of nitrogens with one attached hydrogen (secondary N) is 8. The average molecular weight is 1130 g/mol. The summed E-state index contributed by atoms with van der Waals surface area (Å²) in [6.07, 6.45) is 0.788. The number of carboxylic acid groups (broad SMARTS) is 1. The summed E-state index contributed by atoms with van der Waals surface area (Å²) < 4.78 is 0. The molecule has 81 heavy (non-hydrogen) atoms. The van der Waals surface area contributed by atoms with Crippen LogP contribution in [0.3, 0.4) is 0 Å². The highest BCUT2D eigenvalue weighted by Crippen LogP contribution is 2.20. The van der Waals surface area contributed by atoms with Crippen LogP contribution in [0.25, 0.3) is 10.9 Å². The lowest BCUT2D eigenvalue weighted by molar-refractivity contribution is -0.143. The number of para-hydroxylation sites is 1. The van der Waals surface area contributed by atoms with Gasteiger partial charge in [0.1, 0.15) is 42.3 Å². The number of aromatic nitrogens is 1. The lowest BCUT2D eigenvalue weighted by atomic mass is 10.00. The van der Waals surface area contributed by atoms with E-state index in [4.69, 9.17) is 22.9 Å². The van der Waals surface area contributed by atoms with Crippen molar-refractivity contribution < 1.29 is 48.6 Å². The number of hydrogen-bond donors (Lipinski definition) is 15. The zero-order valence-corrected chi connectivity index (χ0v) is 46.0. The number of carbonyl (C=O) groups excluding carboxylic acids is 7. The lowest BCUT2D eigenvalue weighted by Crippen LogP contribution is -2.61. The third-order valence-electron chi connectivity index (χ3n) is 13.2. The fourth-order valence-electron chi connectivity index (χ4n) is 8.80. The molecule has 23 nitrogen and oxygen atoms in total. The van der Waals surface area contributed by atoms with Gasteiger partial charge in [0.25, 0.3) is 0 Å². The van der Waals surface area contributed by atoms with Crippen LogP contribution in [0.4, 0.5) is 0 Å². The van der Waals surface area contributed by atoms with Crippen LogP contribution in [0.1, 0.15) is 61.3 Å². The predicted octanol–water partition coefficient (Wildman–Crippen LogP) is -0.263. The van der Waals surface area contributed by atoms with Crippen molar-refractivity contribution in [3.05, 3.63) is 144 Å². The van der Waals surface area contributed by atoms with Gasteiger partial charge in [0.15, 0.2) is 5.96 Å². The Bertz CT molecular complexity index is 2890. The highest BCUT2D eigenvalue weighted by molar-refractivity contribution is 7.80. The van der Waals surface area contributed by atoms with Gasteiger partial charge in [-0.15, -0.1) is 0 Å². The summed E-state index contributed by atoms with van der Waals surface area (Å²) in [5.74, 6) is -7.27. The summed E-state index contributed by atoms with van der Waals surface area (Å²) in [5, 5.41) is 40.3. The predicted molar refractivity (Wildman–Crippen MR) is 310 cm³/mol. The summed E-state index contributed by atoms with van der Waals surface area (Å²) in [7, 11) is 0. The molecule has 0 radical (unpaired) electrons. The number of carboxylic acids is 1. The van der Waals surface area contributed by atoms with Gasteiger partial charge < -0.3 is 75.3 Å². The molecule has 4 aromatic carbocycles. The van der Waals surface area contributed by atoms with Crippen LogP contribution in [-0.4, -0.2) is 142 Å². The molecule has 1 heterocycles. The van der Waals surface area contributed by atoms with E-state index in [9.17, 15) is 48.6 Å². The number of benzene rings is 4. The molecule has 7 amide bonds. The molecule has 5 rings (SSSR count). The van der Waals surface area contributed by atoms with Crippen LogP contribution >= 0.6 is 12.6 Å². The van der Waals surface area contributed by atoms with Crippen molar-refractivity contribution in [1.29, 1.82) is 0 Å². The van der Waals surface area contributed by atoms with Crippen LogP contribution < -0.4 is 60.2 Å². The van der Waals surface area contributed by atoms with Crippen LogP contribution in [0, 0.1) is 0 Å². The van der Waals surface area contributed by atoms with Gasteiger partial charge in [-0.25, -0.2) is 4.79 Å². The van der Waals surface area contributed by atoms with E-state index in [2.05, 4.69) is 59.8 Å². The molecule has 0 bridgehead atoms. The first-order valence-corrected chi connectivity index (χ1v) is 27.3. The molecule has 0 unspecified atom stereocenters. The number of aliphatic carboxylic acids is 1. The second kappa shape index (κ2) is 32.7. The maximum absolute atomic E-state index is 15.0. The van der Waals surface area contributed by atoms with E-state index in [0.717, 1.165) is 10.9 Å². The molecule has 18 N–H and O–H groups in total. The molecule has 0 aliphatic rings. The smallest absolute Gasteiger partial charge is 0.326 e. The molecule has 0 aliphatic heterocycles. The second-order valence-electron chi connectivity index (χ2n) is 19.6. The van der Waals surface area contributed by atoms with Gasteiger partial charge >= 0.3 is 5.97 Å². The van der Waals surface area contributed by atoms with Gasteiger partial charge in [0.05, 0.1) is 12.1 Å². The molecule has 0 aliphatic carbocycles. The number of unbranched alkanes of at least 4 members (excludes halogenated alkanes) is 1. The summed E-state index contributed by atoms with van der Waals surface area (Å²) in [5.41, 5.74) is 26.0. The SMILES string of the molecule is C[C@@H](O)[C@H](NC(=O)[C@H](CCCCN)NC(=O)[C@@H](Cc1c[nH]c2ccccc12)NC(=O)[C@H](Cc1ccccc1)NC(=O)[C@H](Cc1ccccc1)NC(=O)[C@H](CCCN=C(N)N)NC(=O)[C@@H](N)CS)C(=O)N[C@@H](Cc1ccccc1)C(=O)O. The first-order valence-electron chi connectivity index (χ1n) is 26.7. The van der Waals surface area contributed by atoms with Crippen molar-refractivity contribution in [3.63, 3.8) is 0 Å². The maximum Gasteiger partial charge on any atom is 0.326 e. The minimum absolute atomic E-state index is 0.00750. The summed E-state index contributed by atoms with van der Waals surface area (Å²) in [6.45, 7) is 1.61. The van der Waals surface area contributed by atoms with Crippen molar-refractivity contribution >= 4 is 76.8 Å². The van der Waals surface area contributed by atoms with E-state index >= 15 is 0 Å². The number of thiol groups is 1. The van der Waals surface area contributed by atoms with Gasteiger partial charge in [-0.3, -0.25) is 38.6 Å². The number of aromatic amines is 1. The first kappa shape index (κ1) is 63.5. The Labute approximate surface area is 475 Å². The highest BCUT2D eigenvalue weighted by atomic mass is 32.1. The molecule has 1 aromatic heterocycles. The normalized spacial score (nSPS) is 14.4. The number of fused-ring (bicyclic) bond motifs is 1. The maximum atomic E-state index is 15.0. The fourth-order valence-corrected chi connectivity index (χ4v) is 8.97. The van der Waals surface area contributed by atoms with Crippen LogP contribution in [0.15, 0.2) is 126 Å². The monoisotopic (exact) mass is 1130 g/mol. The number of aliphatic hydroxyl groups is 1. The third-order valence-corrected chi connectivity index (χ3v) is 13.6. The molecular weight excluding hydrogens is 1060 g/mol. The van der Waals surface area contributed by atoms with E-state index < -0.39 is 102 Å². The number of amides is 7. The van der Waals surface area contributed by atoms with E-state index in [-0.39, 0.29) is 69.7 Å². The number of guanidine groups is 1. The van der Waals surface area contributed by atoms with E-state index in [1.165, 1.54) is 6.92 Å². The number of nitrogens with zero attached hydrogens (tertiary/aromatic N) is 1. The number of aliphatic hydroxyl groups excluding tert-OH is 1. The van der Waals surface area contributed by atoms with Gasteiger partial charge in [0, 0.05) is 55.1 Å². The third kappa shape index (κ3) is 20.7. The van der Waals surface area contributed by atoms with Crippen molar-refractivity contribution in [2.45, 2.75) is 119 Å². The molecule has 24 heteroatoms. The quantitative estimate of drug-likeness (QED) is 0.0111. The number of nitrogens with two attached hydrogens (primary N) is 4. The average Bonchev–Trinajstić information content (AvgIpc) is 3.87. The molecule has 0 spiro atoms. The van der Waals surface area contributed by atoms with Crippen molar-refractivity contribution in [1.82, 2.24) is 42.2 Å². The van der Waals surface area contributed by atoms with Crippen LogP contribution in [0.2, 0.25) is 0 Å². The lowest BCUT2D eigenvalue weighted by Gasteiger charge is -2.28. The number of rotatable bonds is 33. The Morgan fingerprint density at radius 2 is 0.963 bits per heavy atom. The number of aliphatic imine (C=N–C) groups is 1. The van der Waals surface area contributed by atoms with E-state index in [1.807, 2.05) is 18.2 Å². The van der Waals surface area contributed by atoms with E-state index in [1.54, 1.807) is 103 Å². The van der Waals surface area contributed by atoms with Crippen molar-refractivity contribution in [2.24, 2.45) is 27.9 Å². The minimum Gasteiger partial charge on any atom is -0.480 e. The molecule has 5 aromatic rings. The Balaban J connectivity index is 1.46. The number of hydrogen-bond acceptors (Lipinski definition) is 13. The van der Waals surface area contributed by atoms with Crippen LogP contribution in [0.5, 0.6) is 0 Å². The zero-order valence-electron chi connectivity index (χ0n) is 45.1. The topological polar surface area (TPSA) is 393 Å². The summed E-state index contributed by atoms with van der Waals surface area (Å²) >= 11 is 4.12. The second-order valence-corrected chi connectivity index (χ2v) is 20.0. The fraction of sp³-hybridized carbons (Fsp3) is 0.386. The van der Waals surface area contributed by atoms with Gasteiger partial charge in [-0.05, 0) is 73.9 Å². The molecule has 0 fully saturated rings. The minimum atomic E-state index is -1.67. The standard InChI is InChI=1S/C57H75N13O10S/c1-34(71)48(55(78)69-47(56(79)80)30-37-20-9-4-10-21-37)70-51(74)42(24-13-14-26-58)65-54(77)46(31-38-32-63-41-23-12-11-22-39(38)41)68-53(76)45(29-36-18-7-3-8-19-36)67-52(75)44(28-35-16-5-2-6-17-35)66-50(73)43(25-15-27-62-57(60)61)64-49(72)40(59)33-81/h2-12,16-23,32,34,40,42-48,63,71,81H,13-15,24-31,33,58-59H2,1H3,(H,64,72)(H,65,77)(H,66,73)(H,67,75)(H,68,76)(H,69,78)(H,70,74)(H,79,80)(H4,60,61,62)/t34-,40+,42+,43+,44+,45+,46-,47+,48+/m1/s1. The largest absolute Gasteiger partial charge is 0.480 e. The highest BCUT2D eigenvalue weighted by Gasteiger charge is 2.36. The van der Waals surface area contributed by atoms with Gasteiger partial charge in [-0.2, -0.15) is 12.6 Å². The van der Waals surface area contributed by atoms with Crippen molar-refractivity contribution in [3.8, 4) is 0 Å². The summed E-state index contributed by atoms with van der Waals surface area (Å²) in [4.78, 5) is 119. The van der Waals surface area contributed by atoms with Gasteiger partial charge in [0.2, 0.25) is 41.4 Å². The van der Waals surface area contributed by atoms with Crippen molar-refractivity contribution in [2.75, 3.05) is 18.8 Å². The zero-order chi connectivity index (χ0) is 58.8. The Hall–Kier alpha value is -8.32. The number of H-pyrrole nitrogens is 1. The number of carbonyl (C=O) groups is 8. The molecular formula is C57H75N13O10S. The summed E-state index contributed by atoms with van der Waals surface area (Å²) in [6, 6.07) is 22.4. The van der Waals surface area contributed by atoms with E-state index in [0.29, 0.717) is 35.1 Å². The Morgan fingerprint density at radius 3 is 1.44 bits per heavy atom. The molecule has 0 saturated carbocycles. The first-order chi connectivity index (χ1) is 38.9. The Kier molecular flexibility index (Phi) is 25.6. The van der Waals surface area contributed by atoms with Crippen LogP contribution in [-0.2, 0) is 64.0 Å². The molecule has 9 atom stereocenters. The Morgan fingerprint density at radius 1 is 0.543 bits per heavy atom.